The smallest absolute Gasteiger partial charge is 0.223 e. The lowest BCUT2D eigenvalue weighted by Crippen LogP contribution is -2.25. The zero-order valence-corrected chi connectivity index (χ0v) is 6.92. The second kappa shape index (κ2) is 4.28. The van der Waals surface area contributed by atoms with Crippen molar-refractivity contribution < 1.29 is 4.79 Å². The van der Waals surface area contributed by atoms with Crippen molar-refractivity contribution in [2.24, 2.45) is 0 Å². The van der Waals surface area contributed by atoms with E-state index in [4.69, 9.17) is 0 Å². The summed E-state index contributed by atoms with van der Waals surface area (Å²) >= 11 is 0. The summed E-state index contributed by atoms with van der Waals surface area (Å²) in [6.45, 7) is 0.719. The lowest BCUT2D eigenvalue weighted by molar-refractivity contribution is -0.128. The Morgan fingerprint density at radius 1 is 1.40 bits per heavy atom. The number of amides is 1. The molecule has 1 amide bonds. The number of carbonyl (C=O) groups is 1. The molecule has 0 heterocycles. The van der Waals surface area contributed by atoms with E-state index in [0.29, 0.717) is 6.42 Å². The Balaban J connectivity index is 3.40. The minimum Gasteiger partial charge on any atom is -0.349 e. The van der Waals surface area contributed by atoms with Crippen LogP contribution in [-0.2, 0) is 4.79 Å². The van der Waals surface area contributed by atoms with Gasteiger partial charge in [-0.1, -0.05) is 0 Å². The minimum absolute atomic E-state index is 0.149. The molecule has 0 spiro atoms. The molecule has 0 aliphatic heterocycles. The third-order valence-electron chi connectivity index (χ3n) is 1.21. The van der Waals surface area contributed by atoms with E-state index in [1.54, 1.807) is 23.9 Å². The maximum absolute atomic E-state index is 10.9. The SMILES string of the molecule is [CH2]N(C)CCC(=O)N(C)C. The van der Waals surface area contributed by atoms with Gasteiger partial charge in [0.15, 0.2) is 0 Å². The minimum atomic E-state index is 0.149. The molecule has 0 saturated heterocycles. The monoisotopic (exact) mass is 143 g/mol. The second-order valence-electron chi connectivity index (χ2n) is 2.62. The summed E-state index contributed by atoms with van der Waals surface area (Å²) in [6, 6.07) is 0. The van der Waals surface area contributed by atoms with E-state index in [0.717, 1.165) is 6.54 Å². The molecule has 0 aliphatic rings. The number of nitrogens with zero attached hydrogens (tertiary/aromatic N) is 2. The summed E-state index contributed by atoms with van der Waals surface area (Å²) in [7, 11) is 8.99. The predicted octanol–water partition coefficient (Wildman–Crippen LogP) is 0.188. The van der Waals surface area contributed by atoms with Crippen LogP contribution in [0.3, 0.4) is 0 Å². The fraction of sp³-hybridized carbons (Fsp3) is 0.714. The highest BCUT2D eigenvalue weighted by Crippen LogP contribution is 1.88. The molecule has 0 N–H and O–H groups in total. The number of rotatable bonds is 3. The number of carbonyl (C=O) groups excluding carboxylic acids is 1. The molecule has 0 unspecified atom stereocenters. The van der Waals surface area contributed by atoms with Gasteiger partial charge in [0.2, 0.25) is 5.91 Å². The lowest BCUT2D eigenvalue weighted by atomic mass is 10.4. The number of hydrogen-bond acceptors (Lipinski definition) is 2. The highest BCUT2D eigenvalue weighted by Gasteiger charge is 2.02. The van der Waals surface area contributed by atoms with Gasteiger partial charge in [0.25, 0.3) is 0 Å². The van der Waals surface area contributed by atoms with E-state index in [1.165, 1.54) is 0 Å². The molecule has 3 nitrogen and oxygen atoms in total. The van der Waals surface area contributed by atoms with Crippen molar-refractivity contribution in [3.63, 3.8) is 0 Å². The first kappa shape index (κ1) is 9.43. The molecule has 0 aliphatic carbocycles. The van der Waals surface area contributed by atoms with E-state index >= 15 is 0 Å². The first-order valence-electron chi connectivity index (χ1n) is 3.26. The summed E-state index contributed by atoms with van der Waals surface area (Å²) in [5.74, 6) is 0.149. The van der Waals surface area contributed by atoms with Crippen molar-refractivity contribution in [2.45, 2.75) is 6.42 Å². The van der Waals surface area contributed by atoms with E-state index in [1.807, 2.05) is 7.05 Å². The fourth-order valence-corrected chi connectivity index (χ4v) is 0.510. The molecule has 0 saturated carbocycles. The highest BCUT2D eigenvalue weighted by atomic mass is 16.2. The average Bonchev–Trinajstić information content (AvgIpc) is 1.82. The Labute approximate surface area is 62.6 Å². The van der Waals surface area contributed by atoms with Crippen molar-refractivity contribution in [3.8, 4) is 0 Å². The Hall–Kier alpha value is -0.570. The van der Waals surface area contributed by atoms with Crippen LogP contribution in [0.25, 0.3) is 0 Å². The summed E-state index contributed by atoms with van der Waals surface area (Å²) in [4.78, 5) is 14.3. The van der Waals surface area contributed by atoms with Gasteiger partial charge in [-0.05, 0) is 7.05 Å². The van der Waals surface area contributed by atoms with Crippen LogP contribution in [0.2, 0.25) is 0 Å². The zero-order chi connectivity index (χ0) is 8.15. The molecule has 10 heavy (non-hydrogen) atoms. The highest BCUT2D eigenvalue weighted by molar-refractivity contribution is 5.75. The molecule has 3 heteroatoms. The summed E-state index contributed by atoms with van der Waals surface area (Å²) < 4.78 is 0. The molecule has 0 fully saturated rings. The van der Waals surface area contributed by atoms with Crippen LogP contribution >= 0.6 is 0 Å². The van der Waals surface area contributed by atoms with E-state index < -0.39 is 0 Å². The van der Waals surface area contributed by atoms with Crippen molar-refractivity contribution in [3.05, 3.63) is 7.05 Å². The maximum atomic E-state index is 10.9. The van der Waals surface area contributed by atoms with Gasteiger partial charge >= 0.3 is 0 Å². The van der Waals surface area contributed by atoms with Gasteiger partial charge in [0.1, 0.15) is 0 Å². The van der Waals surface area contributed by atoms with E-state index in [2.05, 4.69) is 7.05 Å². The summed E-state index contributed by atoms with van der Waals surface area (Å²) in [6.07, 6.45) is 0.549. The standard InChI is InChI=1S/C7H15N2O/c1-8(2)6-5-7(10)9(3)4/h1,5-6H2,2-4H3. The Morgan fingerprint density at radius 2 is 1.90 bits per heavy atom. The third kappa shape index (κ3) is 4.32. The average molecular weight is 143 g/mol. The molecular formula is C7H15N2O. The Kier molecular flexibility index (Phi) is 4.03. The molecule has 0 aromatic carbocycles. The third-order valence-corrected chi connectivity index (χ3v) is 1.21. The molecule has 1 radical (unpaired) electrons. The normalized spacial score (nSPS) is 10.1. The van der Waals surface area contributed by atoms with E-state index in [-0.39, 0.29) is 5.91 Å². The van der Waals surface area contributed by atoms with Crippen LogP contribution in [0, 0.1) is 7.05 Å². The van der Waals surface area contributed by atoms with Crippen LogP contribution in [0.1, 0.15) is 6.42 Å². The van der Waals surface area contributed by atoms with Crippen LogP contribution in [-0.4, -0.2) is 43.4 Å². The van der Waals surface area contributed by atoms with Gasteiger partial charge < -0.3 is 9.80 Å². The van der Waals surface area contributed by atoms with Crippen molar-refractivity contribution in [2.75, 3.05) is 27.7 Å². The molecule has 0 atom stereocenters. The van der Waals surface area contributed by atoms with Gasteiger partial charge in [-0.15, -0.1) is 0 Å². The van der Waals surface area contributed by atoms with Gasteiger partial charge in [-0.25, -0.2) is 0 Å². The Morgan fingerprint density at radius 3 is 2.20 bits per heavy atom. The largest absolute Gasteiger partial charge is 0.349 e. The predicted molar refractivity (Wildman–Crippen MR) is 41.3 cm³/mol. The molecule has 0 bridgehead atoms. The zero-order valence-electron chi connectivity index (χ0n) is 6.92. The van der Waals surface area contributed by atoms with Crippen LogP contribution in [0.5, 0.6) is 0 Å². The summed E-state index contributed by atoms with van der Waals surface area (Å²) in [5.41, 5.74) is 0. The molecule has 0 rings (SSSR count). The molecule has 0 aromatic rings. The molecule has 0 aromatic heterocycles. The second-order valence-corrected chi connectivity index (χ2v) is 2.62. The van der Waals surface area contributed by atoms with Crippen LogP contribution in [0.4, 0.5) is 0 Å². The van der Waals surface area contributed by atoms with Gasteiger partial charge in [0.05, 0.1) is 0 Å². The first-order chi connectivity index (χ1) is 4.54. The van der Waals surface area contributed by atoms with Crippen molar-refractivity contribution in [1.29, 1.82) is 0 Å². The van der Waals surface area contributed by atoms with Gasteiger partial charge in [0, 0.05) is 34.1 Å². The quantitative estimate of drug-likeness (QED) is 0.563. The number of hydrogen-bond donors (Lipinski definition) is 0. The molecule has 59 valence electrons. The van der Waals surface area contributed by atoms with E-state index in [9.17, 15) is 4.79 Å². The van der Waals surface area contributed by atoms with Gasteiger partial charge in [-0.3, -0.25) is 4.79 Å². The van der Waals surface area contributed by atoms with Crippen molar-refractivity contribution in [1.82, 2.24) is 9.80 Å². The van der Waals surface area contributed by atoms with Crippen molar-refractivity contribution >= 4 is 5.91 Å². The summed E-state index contributed by atoms with van der Waals surface area (Å²) in [5, 5.41) is 0. The van der Waals surface area contributed by atoms with Gasteiger partial charge in [-0.2, -0.15) is 0 Å². The molecular weight excluding hydrogens is 128 g/mol. The lowest BCUT2D eigenvalue weighted by Gasteiger charge is -2.12. The topological polar surface area (TPSA) is 23.6 Å². The fourth-order valence-electron chi connectivity index (χ4n) is 0.510. The first-order valence-corrected chi connectivity index (χ1v) is 3.26. The van der Waals surface area contributed by atoms with Crippen LogP contribution < -0.4 is 0 Å². The van der Waals surface area contributed by atoms with Crippen LogP contribution in [0.15, 0.2) is 0 Å². The Bertz CT molecular complexity index is 110. The maximum Gasteiger partial charge on any atom is 0.223 e.